The predicted octanol–water partition coefficient (Wildman–Crippen LogP) is -0.670. The van der Waals surface area contributed by atoms with Crippen molar-refractivity contribution in [1.82, 2.24) is 41.9 Å². The first-order valence-electron chi connectivity index (χ1n) is 23.2. The normalized spacial score (nSPS) is 14.6. The van der Waals surface area contributed by atoms with Crippen LogP contribution in [0.25, 0.3) is 0 Å². The van der Waals surface area contributed by atoms with E-state index in [0.29, 0.717) is 16.8 Å². The molecule has 388 valence electrons. The number of aromatic amines is 1. The van der Waals surface area contributed by atoms with Crippen LogP contribution in [-0.2, 0) is 67.2 Å². The lowest BCUT2D eigenvalue weighted by Gasteiger charge is -2.29. The molecule has 2 aromatic carbocycles. The average molecular weight is 1010 g/mol. The van der Waals surface area contributed by atoms with Crippen molar-refractivity contribution in [3.05, 3.63) is 83.9 Å². The van der Waals surface area contributed by atoms with Gasteiger partial charge in [0.2, 0.25) is 41.4 Å². The summed E-state index contributed by atoms with van der Waals surface area (Å²) in [5.74, 6) is -8.80. The molecule has 22 nitrogen and oxygen atoms in total. The zero-order valence-corrected chi connectivity index (χ0v) is 41.7. The van der Waals surface area contributed by atoms with Crippen molar-refractivity contribution in [2.45, 2.75) is 128 Å². The van der Waals surface area contributed by atoms with Gasteiger partial charge in [-0.2, -0.15) is 12.6 Å². The van der Waals surface area contributed by atoms with E-state index in [4.69, 9.17) is 21.9 Å². The minimum Gasteiger partial charge on any atom is -0.508 e. The fourth-order valence-electron chi connectivity index (χ4n) is 7.15. The number of imidazole rings is 1. The lowest BCUT2D eigenvalue weighted by molar-refractivity contribution is -0.157. The average Bonchev–Trinajstić information content (AvgIpc) is 3.83. The van der Waals surface area contributed by atoms with Gasteiger partial charge in [-0.15, -0.1) is 0 Å². The Morgan fingerprint density at radius 1 is 0.648 bits per heavy atom. The molecule has 8 atom stereocenters. The Balaban J connectivity index is 1.89. The third-order valence-electron chi connectivity index (χ3n) is 11.1. The topological polar surface area (TPSA) is 362 Å². The number of nitrogens with zero attached hydrogens (tertiary/aromatic N) is 1. The third-order valence-corrected chi connectivity index (χ3v) is 11.4. The number of H-pyrrole nitrogens is 1. The maximum absolute atomic E-state index is 14.3. The Hall–Kier alpha value is -7.01. The highest BCUT2D eigenvalue weighted by molar-refractivity contribution is 7.80. The summed E-state index contributed by atoms with van der Waals surface area (Å²) in [7, 11) is 0. The molecule has 23 heteroatoms. The van der Waals surface area contributed by atoms with Gasteiger partial charge in [0.05, 0.1) is 12.4 Å². The Bertz CT molecular complexity index is 2260. The van der Waals surface area contributed by atoms with E-state index in [1.54, 1.807) is 70.2 Å². The van der Waals surface area contributed by atoms with Crippen LogP contribution in [0.4, 0.5) is 0 Å². The number of rotatable bonds is 29. The standard InChI is InChI=1S/C48H69N11O11S/c1-25(2)18-34(45(66)59-40(27(5)6)48(69)70-37(23-71)41(51)62)55-44(65)35(20-28-10-8-7-9-11-28)57-47(68)39(26(3)4)58-46(67)36(21-30-22-52-24-53-30)56-43(64)33(16-17-38(50)61)54-42(63)32(49)19-29-12-14-31(60)15-13-29/h7-15,22,24-27,32-37,39-40,60,71H,16-21,23,49H2,1-6H3,(H2,50,61)(H2,51,62)(H,52,53)(H,54,63)(H,55,65)(H,56,64)(H,57,68)(H,58,67)(H,59,66)/t32-,33-,34-,35-,36-,37?,39-,40-/m0/s1. The third kappa shape index (κ3) is 19.7. The van der Waals surface area contributed by atoms with Crippen molar-refractivity contribution in [3.8, 4) is 5.75 Å². The highest BCUT2D eigenvalue weighted by Gasteiger charge is 2.36. The van der Waals surface area contributed by atoms with Crippen LogP contribution in [0.5, 0.6) is 5.75 Å². The van der Waals surface area contributed by atoms with Crippen LogP contribution in [0.2, 0.25) is 0 Å². The highest BCUT2D eigenvalue weighted by Crippen LogP contribution is 2.15. The summed E-state index contributed by atoms with van der Waals surface area (Å²) in [6, 6.07) is 5.69. The zero-order chi connectivity index (χ0) is 52.9. The van der Waals surface area contributed by atoms with E-state index in [9.17, 15) is 48.3 Å². The van der Waals surface area contributed by atoms with Crippen molar-refractivity contribution >= 4 is 65.9 Å². The number of carbonyl (C=O) groups is 9. The van der Waals surface area contributed by atoms with Gasteiger partial charge < -0.3 is 63.9 Å². The molecule has 1 unspecified atom stereocenters. The van der Waals surface area contributed by atoms with Gasteiger partial charge in [-0.25, -0.2) is 9.78 Å². The zero-order valence-electron chi connectivity index (χ0n) is 40.8. The smallest absolute Gasteiger partial charge is 0.329 e. The van der Waals surface area contributed by atoms with E-state index < -0.39 is 113 Å². The summed E-state index contributed by atoms with van der Waals surface area (Å²) in [6.07, 6.45) is 0.784. The molecule has 0 aliphatic carbocycles. The Labute approximate surface area is 418 Å². The Kier molecular flexibility index (Phi) is 23.5. The lowest BCUT2D eigenvalue weighted by atomic mass is 9.98. The van der Waals surface area contributed by atoms with Crippen molar-refractivity contribution in [2.24, 2.45) is 35.0 Å². The van der Waals surface area contributed by atoms with E-state index in [1.165, 1.54) is 24.7 Å². The van der Waals surface area contributed by atoms with Crippen LogP contribution in [0, 0.1) is 17.8 Å². The van der Waals surface area contributed by atoms with E-state index in [1.807, 2.05) is 13.8 Å². The van der Waals surface area contributed by atoms with Crippen molar-refractivity contribution < 1.29 is 53.0 Å². The molecule has 0 saturated carbocycles. The molecular weight excluding hydrogens is 939 g/mol. The summed E-state index contributed by atoms with van der Waals surface area (Å²) >= 11 is 4.01. The largest absolute Gasteiger partial charge is 0.508 e. The summed E-state index contributed by atoms with van der Waals surface area (Å²) in [5, 5.41) is 25.6. The predicted molar refractivity (Wildman–Crippen MR) is 264 cm³/mol. The van der Waals surface area contributed by atoms with Gasteiger partial charge in [0, 0.05) is 36.9 Å². The molecule has 0 radical (unpaired) electrons. The number of carbonyl (C=O) groups excluding carboxylic acids is 9. The van der Waals surface area contributed by atoms with Crippen molar-refractivity contribution in [2.75, 3.05) is 5.75 Å². The molecule has 1 heterocycles. The number of phenolic OH excluding ortho intramolecular Hbond substituents is 1. The van der Waals surface area contributed by atoms with Crippen molar-refractivity contribution in [3.63, 3.8) is 0 Å². The van der Waals surface area contributed by atoms with Crippen LogP contribution in [0.1, 0.15) is 77.6 Å². The van der Waals surface area contributed by atoms with Gasteiger partial charge >= 0.3 is 5.97 Å². The molecule has 0 saturated heterocycles. The van der Waals surface area contributed by atoms with E-state index >= 15 is 0 Å². The van der Waals surface area contributed by atoms with E-state index in [2.05, 4.69) is 54.5 Å². The van der Waals surface area contributed by atoms with Gasteiger partial charge in [-0.05, 0) is 60.3 Å². The molecule has 3 aromatic rings. The maximum Gasteiger partial charge on any atom is 0.329 e. The SMILES string of the molecule is CC(C)C[C@H](NC(=O)[C@H](Cc1ccccc1)NC(=O)[C@@H](NC(=O)[C@H](Cc1cnc[nH]1)NC(=O)[C@H](CCC(N)=O)NC(=O)[C@@H](N)Cc1ccc(O)cc1)C(C)C)C(=O)N[C@H](C(=O)OC(CS)C(N)=O)C(C)C. The first-order chi connectivity index (χ1) is 33.5. The second-order valence-electron chi connectivity index (χ2n) is 18.3. The first kappa shape index (κ1) is 58.3. The van der Waals surface area contributed by atoms with Gasteiger partial charge in [0.1, 0.15) is 42.0 Å². The van der Waals surface area contributed by atoms with Crippen LogP contribution >= 0.6 is 12.6 Å². The number of primary amides is 2. The molecule has 0 aliphatic heterocycles. The van der Waals surface area contributed by atoms with E-state index in [0.717, 1.165) is 0 Å². The molecule has 3 rings (SSSR count). The van der Waals surface area contributed by atoms with Crippen LogP contribution in [-0.4, -0.2) is 122 Å². The summed E-state index contributed by atoms with van der Waals surface area (Å²) in [5.41, 5.74) is 18.6. The number of aromatic nitrogens is 2. The molecule has 14 N–H and O–H groups in total. The van der Waals surface area contributed by atoms with Gasteiger partial charge in [-0.3, -0.25) is 38.4 Å². The Morgan fingerprint density at radius 3 is 1.72 bits per heavy atom. The number of nitrogens with one attached hydrogen (secondary N) is 7. The number of benzene rings is 2. The summed E-state index contributed by atoms with van der Waals surface area (Å²) in [6.45, 7) is 10.2. The number of hydrogen-bond acceptors (Lipinski definition) is 14. The molecule has 0 spiro atoms. The maximum atomic E-state index is 14.3. The van der Waals surface area contributed by atoms with Crippen molar-refractivity contribution in [1.29, 1.82) is 0 Å². The molecule has 1 aromatic heterocycles. The van der Waals surface area contributed by atoms with Crippen LogP contribution in [0.15, 0.2) is 67.1 Å². The number of thiol groups is 1. The highest BCUT2D eigenvalue weighted by atomic mass is 32.1. The number of ether oxygens (including phenoxy) is 1. The first-order valence-corrected chi connectivity index (χ1v) is 23.9. The minimum atomic E-state index is -1.40. The van der Waals surface area contributed by atoms with Gasteiger partial charge in [0.25, 0.3) is 5.91 Å². The number of hydrogen-bond donors (Lipinski definition) is 12. The van der Waals surface area contributed by atoms with Crippen LogP contribution in [0.3, 0.4) is 0 Å². The van der Waals surface area contributed by atoms with Crippen LogP contribution < -0.4 is 49.1 Å². The van der Waals surface area contributed by atoms with Gasteiger partial charge in [-0.1, -0.05) is 84.0 Å². The van der Waals surface area contributed by atoms with E-state index in [-0.39, 0.29) is 55.9 Å². The number of amides is 8. The molecular formula is C48H69N11O11S. The minimum absolute atomic E-state index is 0.0154. The lowest BCUT2D eigenvalue weighted by Crippen LogP contribution is -2.61. The molecule has 71 heavy (non-hydrogen) atoms. The monoisotopic (exact) mass is 1010 g/mol. The number of phenols is 1. The fourth-order valence-corrected chi connectivity index (χ4v) is 7.40. The summed E-state index contributed by atoms with van der Waals surface area (Å²) < 4.78 is 5.24. The number of esters is 1. The fraction of sp³-hybridized carbons (Fsp3) is 0.500. The molecule has 0 aliphatic rings. The summed E-state index contributed by atoms with van der Waals surface area (Å²) in [4.78, 5) is 128. The Morgan fingerprint density at radius 2 is 1.17 bits per heavy atom. The molecule has 0 fully saturated rings. The molecule has 0 bridgehead atoms. The molecule has 8 amide bonds. The number of aromatic hydroxyl groups is 1. The van der Waals surface area contributed by atoms with Gasteiger partial charge in [0.15, 0.2) is 6.10 Å². The second-order valence-corrected chi connectivity index (χ2v) is 18.7. The second kappa shape index (κ2) is 28.6. The quantitative estimate of drug-likeness (QED) is 0.0304. The number of nitrogens with two attached hydrogens (primary N) is 3.